The molecule has 0 radical (unpaired) electrons. The van der Waals surface area contributed by atoms with Crippen molar-refractivity contribution in [3.05, 3.63) is 83.6 Å². The predicted octanol–water partition coefficient (Wildman–Crippen LogP) is -0.634. The maximum atomic E-state index is 13.0. The Morgan fingerprint density at radius 2 is 1.04 bits per heavy atom. The van der Waals surface area contributed by atoms with Crippen molar-refractivity contribution < 1.29 is 74.0 Å². The standard InChI is InChI=1S/C30H27N3O15/c1-13(31-25(41)14-5-2-8-19(35)22(14)38)28(44)48-30(46)18(33-27(43)16-7-4-10-21(37)24(16)40)12-47-29(45)17(11-34)32-26(42)15-6-3-9-20(36)23(15)39/h2-10,17-18,34-40H,1,11-12H2,(H,31,41)(H,32,42)(H,33,43)/t17-,18-/m0/s1. The predicted molar refractivity (Wildman–Crippen MR) is 158 cm³/mol. The molecule has 18 heteroatoms. The van der Waals surface area contributed by atoms with Crippen molar-refractivity contribution >= 4 is 35.6 Å². The van der Waals surface area contributed by atoms with Gasteiger partial charge in [0.15, 0.2) is 46.6 Å². The highest BCUT2D eigenvalue weighted by Crippen LogP contribution is 2.30. The molecule has 0 aliphatic carbocycles. The Morgan fingerprint density at radius 3 is 1.48 bits per heavy atom. The number of ether oxygens (including phenoxy) is 2. The van der Waals surface area contributed by atoms with E-state index in [4.69, 9.17) is 4.74 Å². The number of phenols is 6. The van der Waals surface area contributed by atoms with Crippen LogP contribution >= 0.6 is 0 Å². The Kier molecular flexibility index (Phi) is 11.5. The first kappa shape index (κ1) is 35.7. The highest BCUT2D eigenvalue weighted by atomic mass is 16.6. The highest BCUT2D eigenvalue weighted by molar-refractivity contribution is 6.06. The van der Waals surface area contributed by atoms with E-state index < -0.39 is 118 Å². The van der Waals surface area contributed by atoms with Crippen LogP contribution < -0.4 is 16.0 Å². The summed E-state index contributed by atoms with van der Waals surface area (Å²) < 4.78 is 9.57. The molecule has 3 amide bonds. The Hall–Kier alpha value is -6.82. The van der Waals surface area contributed by atoms with Gasteiger partial charge >= 0.3 is 17.9 Å². The number of hydrogen-bond donors (Lipinski definition) is 10. The molecule has 0 bridgehead atoms. The number of aliphatic hydroxyl groups is 1. The molecular formula is C30H27N3O15. The normalized spacial score (nSPS) is 11.7. The number of aliphatic hydroxyl groups excluding tert-OH is 1. The number of aromatic hydroxyl groups is 6. The molecule has 3 aromatic rings. The summed E-state index contributed by atoms with van der Waals surface area (Å²) in [6, 6.07) is 6.07. The monoisotopic (exact) mass is 669 g/mol. The number of phenolic OH excluding ortho intramolecular Hbond substituents is 6. The van der Waals surface area contributed by atoms with Crippen LogP contribution in [0.25, 0.3) is 0 Å². The lowest BCUT2D eigenvalue weighted by atomic mass is 10.1. The van der Waals surface area contributed by atoms with Crippen molar-refractivity contribution in [1.82, 2.24) is 16.0 Å². The fourth-order valence-electron chi connectivity index (χ4n) is 3.71. The zero-order valence-electron chi connectivity index (χ0n) is 24.4. The zero-order valence-corrected chi connectivity index (χ0v) is 24.4. The second kappa shape index (κ2) is 15.5. The van der Waals surface area contributed by atoms with Gasteiger partial charge in [-0.1, -0.05) is 24.8 Å². The second-order valence-electron chi connectivity index (χ2n) is 9.53. The minimum absolute atomic E-state index is 0.481. The molecule has 0 unspecified atom stereocenters. The summed E-state index contributed by atoms with van der Waals surface area (Å²) in [5, 5.41) is 74.3. The lowest BCUT2D eigenvalue weighted by molar-refractivity contribution is -0.160. The number of nitrogens with one attached hydrogen (secondary N) is 3. The number of carbonyl (C=O) groups excluding carboxylic acids is 6. The third kappa shape index (κ3) is 8.46. The molecule has 0 spiro atoms. The van der Waals surface area contributed by atoms with Crippen LogP contribution in [0.1, 0.15) is 31.1 Å². The van der Waals surface area contributed by atoms with Gasteiger partial charge in [0.05, 0.1) is 23.3 Å². The lowest BCUT2D eigenvalue weighted by Gasteiger charge is -2.20. The molecule has 10 N–H and O–H groups in total. The minimum atomic E-state index is -2.06. The fraction of sp³-hybridized carbons (Fsp3) is 0.133. The van der Waals surface area contributed by atoms with E-state index in [-0.39, 0.29) is 0 Å². The zero-order chi connectivity index (χ0) is 35.7. The summed E-state index contributed by atoms with van der Waals surface area (Å²) in [5.41, 5.74) is -2.39. The molecule has 0 fully saturated rings. The Labute approximate surface area is 269 Å². The van der Waals surface area contributed by atoms with Crippen LogP contribution in [0.5, 0.6) is 34.5 Å². The summed E-state index contributed by atoms with van der Waals surface area (Å²) in [6.45, 7) is 1.05. The summed E-state index contributed by atoms with van der Waals surface area (Å²) in [6.07, 6.45) is 0. The number of benzene rings is 3. The fourth-order valence-corrected chi connectivity index (χ4v) is 3.71. The Morgan fingerprint density at radius 1 is 0.625 bits per heavy atom. The van der Waals surface area contributed by atoms with Gasteiger partial charge in [0.2, 0.25) is 0 Å². The van der Waals surface area contributed by atoms with Crippen LogP contribution in [0, 0.1) is 0 Å². The Balaban J connectivity index is 1.75. The van der Waals surface area contributed by atoms with Crippen molar-refractivity contribution in [2.24, 2.45) is 0 Å². The topological polar surface area (TPSA) is 299 Å². The molecule has 252 valence electrons. The summed E-state index contributed by atoms with van der Waals surface area (Å²) >= 11 is 0. The van der Waals surface area contributed by atoms with Crippen LogP contribution in [0.4, 0.5) is 0 Å². The van der Waals surface area contributed by atoms with Crippen molar-refractivity contribution in [3.63, 3.8) is 0 Å². The molecule has 0 heterocycles. The molecule has 18 nitrogen and oxygen atoms in total. The van der Waals surface area contributed by atoms with Gasteiger partial charge in [-0.05, 0) is 36.4 Å². The SMILES string of the molecule is C=C(NC(=O)c1cccc(O)c1O)C(=O)OC(=O)[C@H](COC(=O)[C@H](CO)NC(=O)c1cccc(O)c1O)NC(=O)c1cccc(O)c1O. The van der Waals surface area contributed by atoms with Gasteiger partial charge in [0.1, 0.15) is 12.3 Å². The van der Waals surface area contributed by atoms with Crippen molar-refractivity contribution in [2.75, 3.05) is 13.2 Å². The largest absolute Gasteiger partial charge is 0.504 e. The molecule has 0 saturated carbocycles. The molecule has 48 heavy (non-hydrogen) atoms. The van der Waals surface area contributed by atoms with E-state index in [0.29, 0.717) is 0 Å². The molecule has 0 saturated heterocycles. The maximum Gasteiger partial charge on any atom is 0.361 e. The second-order valence-corrected chi connectivity index (χ2v) is 9.53. The minimum Gasteiger partial charge on any atom is -0.504 e. The van der Waals surface area contributed by atoms with Gasteiger partial charge in [0, 0.05) is 0 Å². The van der Waals surface area contributed by atoms with E-state index in [1.807, 2.05) is 16.0 Å². The maximum absolute atomic E-state index is 13.0. The number of para-hydroxylation sites is 3. The third-order valence-electron chi connectivity index (χ3n) is 6.24. The summed E-state index contributed by atoms with van der Waals surface area (Å²) in [5.74, 6) is -12.7. The van der Waals surface area contributed by atoms with Gasteiger partial charge in [-0.2, -0.15) is 0 Å². The van der Waals surface area contributed by atoms with E-state index in [0.717, 1.165) is 42.5 Å². The van der Waals surface area contributed by atoms with Gasteiger partial charge < -0.3 is 61.2 Å². The molecule has 0 aliphatic heterocycles. The molecule has 0 aromatic heterocycles. The molecule has 3 aromatic carbocycles. The van der Waals surface area contributed by atoms with Crippen LogP contribution in [0.15, 0.2) is 66.9 Å². The van der Waals surface area contributed by atoms with E-state index in [1.54, 1.807) is 0 Å². The first-order chi connectivity index (χ1) is 22.7. The number of esters is 3. The number of rotatable bonds is 12. The van der Waals surface area contributed by atoms with E-state index >= 15 is 0 Å². The van der Waals surface area contributed by atoms with Gasteiger partial charge in [-0.25, -0.2) is 14.4 Å². The quantitative estimate of drug-likeness (QED) is 0.0497. The average Bonchev–Trinajstić information content (AvgIpc) is 3.04. The summed E-state index contributed by atoms with van der Waals surface area (Å²) in [7, 11) is 0. The number of amides is 3. The highest BCUT2D eigenvalue weighted by Gasteiger charge is 2.31. The molecule has 3 rings (SSSR count). The number of carbonyl (C=O) groups is 6. The van der Waals surface area contributed by atoms with Crippen molar-refractivity contribution in [2.45, 2.75) is 12.1 Å². The van der Waals surface area contributed by atoms with Gasteiger partial charge in [0.25, 0.3) is 17.7 Å². The van der Waals surface area contributed by atoms with Crippen LogP contribution in [0.2, 0.25) is 0 Å². The number of hydrogen-bond acceptors (Lipinski definition) is 15. The lowest BCUT2D eigenvalue weighted by Crippen LogP contribution is -2.49. The van der Waals surface area contributed by atoms with Crippen molar-refractivity contribution in [1.29, 1.82) is 0 Å². The van der Waals surface area contributed by atoms with Crippen LogP contribution in [0.3, 0.4) is 0 Å². The van der Waals surface area contributed by atoms with Crippen LogP contribution in [-0.2, 0) is 23.9 Å². The Bertz CT molecular complexity index is 1790. The van der Waals surface area contributed by atoms with Crippen LogP contribution in [-0.4, -0.2) is 96.7 Å². The van der Waals surface area contributed by atoms with E-state index in [1.165, 1.54) is 12.1 Å². The average molecular weight is 670 g/mol. The van der Waals surface area contributed by atoms with E-state index in [2.05, 4.69) is 11.3 Å². The van der Waals surface area contributed by atoms with E-state index in [9.17, 15) is 64.5 Å². The first-order valence-electron chi connectivity index (χ1n) is 13.3. The molecular weight excluding hydrogens is 642 g/mol. The summed E-state index contributed by atoms with van der Waals surface area (Å²) in [4.78, 5) is 76.0. The first-order valence-corrected chi connectivity index (χ1v) is 13.3. The third-order valence-corrected chi connectivity index (χ3v) is 6.24. The van der Waals surface area contributed by atoms with Crippen molar-refractivity contribution in [3.8, 4) is 34.5 Å². The van der Waals surface area contributed by atoms with Gasteiger partial charge in [-0.3, -0.25) is 14.4 Å². The molecule has 0 aliphatic rings. The van der Waals surface area contributed by atoms with Gasteiger partial charge in [-0.15, -0.1) is 0 Å². The smallest absolute Gasteiger partial charge is 0.361 e. The molecule has 2 atom stereocenters.